The predicted octanol–water partition coefficient (Wildman–Crippen LogP) is -0.416. The van der Waals surface area contributed by atoms with Crippen LogP contribution in [0.4, 0.5) is 0 Å². The van der Waals surface area contributed by atoms with Crippen molar-refractivity contribution < 1.29 is 8.42 Å². The number of piperazine rings is 1. The molecule has 0 aliphatic carbocycles. The smallest absolute Gasteiger partial charge is 0.213 e. The Hall–Kier alpha value is -0.130. The minimum Gasteiger partial charge on any atom is -0.304 e. The van der Waals surface area contributed by atoms with Gasteiger partial charge in [0.25, 0.3) is 0 Å². The molecule has 0 aromatic rings. The van der Waals surface area contributed by atoms with Gasteiger partial charge in [-0.1, -0.05) is 0 Å². The first-order valence-electron chi connectivity index (χ1n) is 4.22. The number of hydrogen-bond donors (Lipinski definition) is 0. The lowest BCUT2D eigenvalue weighted by Crippen LogP contribution is -2.47. The molecule has 0 saturated carbocycles. The number of rotatable bonds is 2. The second kappa shape index (κ2) is 3.72. The third kappa shape index (κ3) is 2.18. The van der Waals surface area contributed by atoms with E-state index in [1.165, 1.54) is 0 Å². The fourth-order valence-corrected chi connectivity index (χ4v) is 2.33. The van der Waals surface area contributed by atoms with E-state index in [0.29, 0.717) is 13.1 Å². The Kier molecular flexibility index (Phi) is 3.09. The number of sulfonamides is 1. The summed E-state index contributed by atoms with van der Waals surface area (Å²) in [5.41, 5.74) is 0. The van der Waals surface area contributed by atoms with E-state index >= 15 is 0 Å². The monoisotopic (exact) mass is 192 g/mol. The van der Waals surface area contributed by atoms with Gasteiger partial charge in [-0.05, 0) is 14.0 Å². The van der Waals surface area contributed by atoms with E-state index in [-0.39, 0.29) is 5.75 Å². The first-order valence-corrected chi connectivity index (χ1v) is 5.83. The lowest BCUT2D eigenvalue weighted by atomic mass is 10.4. The van der Waals surface area contributed by atoms with Gasteiger partial charge in [-0.15, -0.1) is 0 Å². The van der Waals surface area contributed by atoms with Crippen LogP contribution in [0.3, 0.4) is 0 Å². The van der Waals surface area contributed by atoms with E-state index in [9.17, 15) is 8.42 Å². The van der Waals surface area contributed by atoms with Crippen LogP contribution in [0.1, 0.15) is 6.92 Å². The minimum atomic E-state index is -2.94. The average Bonchev–Trinajstić information content (AvgIpc) is 2.05. The Labute approximate surface area is 74.2 Å². The molecule has 4 nitrogen and oxygen atoms in total. The van der Waals surface area contributed by atoms with Gasteiger partial charge >= 0.3 is 0 Å². The molecular formula is C7H16N2O2S. The summed E-state index contributed by atoms with van der Waals surface area (Å²) in [7, 11) is -0.928. The largest absolute Gasteiger partial charge is 0.304 e. The molecule has 0 aromatic carbocycles. The van der Waals surface area contributed by atoms with Crippen molar-refractivity contribution in [1.29, 1.82) is 0 Å². The van der Waals surface area contributed by atoms with Crippen molar-refractivity contribution in [1.82, 2.24) is 9.21 Å². The van der Waals surface area contributed by atoms with Crippen LogP contribution in [0.25, 0.3) is 0 Å². The SMILES string of the molecule is CCS(=O)(=O)N1CCN(C)CC1. The molecule has 5 heteroatoms. The Morgan fingerprint density at radius 2 is 1.67 bits per heavy atom. The Morgan fingerprint density at radius 3 is 2.08 bits per heavy atom. The van der Waals surface area contributed by atoms with Crippen molar-refractivity contribution in [3.05, 3.63) is 0 Å². The fraction of sp³-hybridized carbons (Fsp3) is 1.00. The zero-order chi connectivity index (χ0) is 9.19. The highest BCUT2D eigenvalue weighted by molar-refractivity contribution is 7.89. The second-order valence-electron chi connectivity index (χ2n) is 3.10. The summed E-state index contributed by atoms with van der Waals surface area (Å²) >= 11 is 0. The van der Waals surface area contributed by atoms with E-state index in [0.717, 1.165) is 13.1 Å². The normalized spacial score (nSPS) is 22.8. The highest BCUT2D eigenvalue weighted by Gasteiger charge is 2.23. The van der Waals surface area contributed by atoms with Crippen LogP contribution in [0, 0.1) is 0 Å². The molecule has 1 heterocycles. The summed E-state index contributed by atoms with van der Waals surface area (Å²) in [5, 5.41) is 0. The van der Waals surface area contributed by atoms with Gasteiger partial charge in [-0.3, -0.25) is 0 Å². The molecule has 0 amide bonds. The standard InChI is InChI=1S/C7H16N2O2S/c1-3-12(10,11)9-6-4-8(2)5-7-9/h3-7H2,1-2H3. The number of likely N-dealkylation sites (N-methyl/N-ethyl adjacent to an activating group) is 1. The zero-order valence-electron chi connectivity index (χ0n) is 7.65. The van der Waals surface area contributed by atoms with Crippen LogP contribution in [-0.4, -0.2) is 56.6 Å². The van der Waals surface area contributed by atoms with Gasteiger partial charge in [0.15, 0.2) is 0 Å². The molecule has 0 aromatic heterocycles. The third-order valence-electron chi connectivity index (χ3n) is 2.22. The van der Waals surface area contributed by atoms with Crippen LogP contribution >= 0.6 is 0 Å². The van der Waals surface area contributed by atoms with Crippen LogP contribution < -0.4 is 0 Å². The summed E-state index contributed by atoms with van der Waals surface area (Å²) < 4.78 is 24.3. The lowest BCUT2D eigenvalue weighted by molar-refractivity contribution is 0.222. The van der Waals surface area contributed by atoms with Crippen molar-refractivity contribution in [2.75, 3.05) is 39.0 Å². The predicted molar refractivity (Wildman–Crippen MR) is 48.5 cm³/mol. The van der Waals surface area contributed by atoms with Gasteiger partial charge in [0.1, 0.15) is 0 Å². The van der Waals surface area contributed by atoms with Crippen LogP contribution in [0.2, 0.25) is 0 Å². The van der Waals surface area contributed by atoms with E-state index in [1.54, 1.807) is 11.2 Å². The van der Waals surface area contributed by atoms with Crippen molar-refractivity contribution in [3.8, 4) is 0 Å². The van der Waals surface area contributed by atoms with Crippen molar-refractivity contribution in [2.45, 2.75) is 6.92 Å². The molecule has 0 spiro atoms. The third-order valence-corrected chi connectivity index (χ3v) is 4.10. The van der Waals surface area contributed by atoms with E-state index in [1.807, 2.05) is 7.05 Å². The molecule has 12 heavy (non-hydrogen) atoms. The molecule has 1 saturated heterocycles. The molecular weight excluding hydrogens is 176 g/mol. The van der Waals surface area contributed by atoms with Crippen LogP contribution in [-0.2, 0) is 10.0 Å². The maximum absolute atomic E-state index is 11.4. The fourth-order valence-electron chi connectivity index (χ4n) is 1.25. The van der Waals surface area contributed by atoms with Crippen LogP contribution in [0.5, 0.6) is 0 Å². The molecule has 0 N–H and O–H groups in total. The highest BCUT2D eigenvalue weighted by atomic mass is 32.2. The number of hydrogen-bond acceptors (Lipinski definition) is 3. The number of nitrogens with zero attached hydrogens (tertiary/aromatic N) is 2. The Bertz CT molecular complexity index is 230. The van der Waals surface area contributed by atoms with Crippen molar-refractivity contribution in [2.24, 2.45) is 0 Å². The summed E-state index contributed by atoms with van der Waals surface area (Å²) in [6, 6.07) is 0. The maximum Gasteiger partial charge on any atom is 0.213 e. The molecule has 0 unspecified atom stereocenters. The van der Waals surface area contributed by atoms with Crippen LogP contribution in [0.15, 0.2) is 0 Å². The molecule has 1 fully saturated rings. The van der Waals surface area contributed by atoms with E-state index < -0.39 is 10.0 Å². The maximum atomic E-state index is 11.4. The van der Waals surface area contributed by atoms with Gasteiger partial charge in [0.05, 0.1) is 5.75 Å². The van der Waals surface area contributed by atoms with Gasteiger partial charge in [-0.25, -0.2) is 8.42 Å². The summed E-state index contributed by atoms with van der Waals surface area (Å²) in [6.07, 6.45) is 0. The quantitative estimate of drug-likeness (QED) is 0.597. The minimum absolute atomic E-state index is 0.219. The van der Waals surface area contributed by atoms with Gasteiger partial charge in [0.2, 0.25) is 10.0 Å². The van der Waals surface area contributed by atoms with E-state index in [4.69, 9.17) is 0 Å². The first kappa shape index (κ1) is 9.95. The van der Waals surface area contributed by atoms with Gasteiger partial charge in [-0.2, -0.15) is 4.31 Å². The highest BCUT2D eigenvalue weighted by Crippen LogP contribution is 2.05. The molecule has 1 aliphatic rings. The zero-order valence-corrected chi connectivity index (χ0v) is 8.47. The van der Waals surface area contributed by atoms with Crippen molar-refractivity contribution in [3.63, 3.8) is 0 Å². The van der Waals surface area contributed by atoms with Crippen molar-refractivity contribution >= 4 is 10.0 Å². The topological polar surface area (TPSA) is 40.6 Å². The average molecular weight is 192 g/mol. The molecule has 1 aliphatic heterocycles. The first-order chi connectivity index (χ1) is 5.56. The van der Waals surface area contributed by atoms with Gasteiger partial charge < -0.3 is 4.90 Å². The molecule has 1 rings (SSSR count). The summed E-state index contributed by atoms with van der Waals surface area (Å²) in [4.78, 5) is 2.14. The molecule has 0 radical (unpaired) electrons. The molecule has 72 valence electrons. The Balaban J connectivity index is 2.56. The summed E-state index contributed by atoms with van der Waals surface area (Å²) in [6.45, 7) is 4.67. The molecule has 0 atom stereocenters. The Morgan fingerprint density at radius 1 is 1.17 bits per heavy atom. The second-order valence-corrected chi connectivity index (χ2v) is 5.36. The van der Waals surface area contributed by atoms with Gasteiger partial charge in [0, 0.05) is 26.2 Å². The lowest BCUT2D eigenvalue weighted by Gasteiger charge is -2.31. The van der Waals surface area contributed by atoms with E-state index in [2.05, 4.69) is 4.90 Å². The molecule has 0 bridgehead atoms. The summed E-state index contributed by atoms with van der Waals surface area (Å²) in [5.74, 6) is 0.219.